The van der Waals surface area contributed by atoms with E-state index in [0.29, 0.717) is 17.8 Å². The molecule has 0 fully saturated rings. The van der Waals surface area contributed by atoms with Gasteiger partial charge < -0.3 is 4.74 Å². The van der Waals surface area contributed by atoms with Gasteiger partial charge in [0.15, 0.2) is 0 Å². The number of nitrogens with zero attached hydrogens (tertiary/aromatic N) is 3. The maximum absolute atomic E-state index is 12.5. The number of benzene rings is 1. The van der Waals surface area contributed by atoms with Crippen LogP contribution < -0.4 is 5.56 Å². The number of nitro groups is 1. The van der Waals surface area contributed by atoms with Crippen molar-refractivity contribution in [3.8, 4) is 11.3 Å². The van der Waals surface area contributed by atoms with Crippen LogP contribution in [0.3, 0.4) is 0 Å². The van der Waals surface area contributed by atoms with Gasteiger partial charge >= 0.3 is 5.97 Å². The summed E-state index contributed by atoms with van der Waals surface area (Å²) < 4.78 is 6.17. The van der Waals surface area contributed by atoms with Gasteiger partial charge in [-0.15, -0.1) is 0 Å². The highest BCUT2D eigenvalue weighted by molar-refractivity contribution is 5.90. The topological polar surface area (TPSA) is 104 Å². The molecule has 1 heterocycles. The quantitative estimate of drug-likeness (QED) is 0.453. The molecule has 0 N–H and O–H groups in total. The van der Waals surface area contributed by atoms with Gasteiger partial charge in [0.05, 0.1) is 17.2 Å². The normalized spacial score (nSPS) is 10.7. The second-order valence-electron chi connectivity index (χ2n) is 5.85. The predicted octanol–water partition coefficient (Wildman–Crippen LogP) is 2.65. The molecular weight excluding hydrogens is 326 g/mol. The number of hydrogen-bond acceptors (Lipinski definition) is 6. The fourth-order valence-corrected chi connectivity index (χ4v) is 2.26. The lowest BCUT2D eigenvalue weighted by atomic mass is 10.1. The summed E-state index contributed by atoms with van der Waals surface area (Å²) in [6, 6.07) is 7.11. The lowest BCUT2D eigenvalue weighted by Crippen LogP contribution is -2.31. The van der Waals surface area contributed by atoms with Crippen LogP contribution in [0.25, 0.3) is 11.3 Å². The first-order valence-corrected chi connectivity index (χ1v) is 7.87. The number of non-ortho nitro benzene ring substituents is 1. The average Bonchev–Trinajstić information content (AvgIpc) is 2.56. The Morgan fingerprint density at radius 2 is 1.96 bits per heavy atom. The molecule has 2 rings (SSSR count). The van der Waals surface area contributed by atoms with E-state index in [1.807, 2.05) is 13.8 Å². The number of carbonyl (C=O) groups excluding carboxylic acids is 1. The van der Waals surface area contributed by atoms with Crippen LogP contribution in [0.1, 0.15) is 31.1 Å². The third kappa shape index (κ3) is 4.28. The van der Waals surface area contributed by atoms with Gasteiger partial charge in [0, 0.05) is 24.2 Å². The van der Waals surface area contributed by atoms with E-state index in [-0.39, 0.29) is 23.8 Å². The van der Waals surface area contributed by atoms with E-state index in [0.717, 1.165) is 0 Å². The molecule has 0 radical (unpaired) electrons. The van der Waals surface area contributed by atoms with Crippen LogP contribution in [-0.2, 0) is 11.3 Å². The van der Waals surface area contributed by atoms with Crippen LogP contribution in [0.4, 0.5) is 5.69 Å². The fraction of sp³-hybridized carbons (Fsp3) is 0.353. The molecule has 0 aliphatic heterocycles. The van der Waals surface area contributed by atoms with Gasteiger partial charge in [0.2, 0.25) is 0 Å². The molecule has 0 amide bonds. The van der Waals surface area contributed by atoms with Crippen LogP contribution >= 0.6 is 0 Å². The molecule has 1 aromatic carbocycles. The second-order valence-corrected chi connectivity index (χ2v) is 5.85. The number of esters is 1. The van der Waals surface area contributed by atoms with Gasteiger partial charge in [-0.2, -0.15) is 5.10 Å². The summed E-state index contributed by atoms with van der Waals surface area (Å²) in [6.07, 6.45) is 0. The van der Waals surface area contributed by atoms with Crippen LogP contribution in [0.2, 0.25) is 0 Å². The van der Waals surface area contributed by atoms with Crippen molar-refractivity contribution >= 4 is 11.7 Å². The van der Waals surface area contributed by atoms with Gasteiger partial charge in [-0.05, 0) is 31.0 Å². The molecule has 0 aliphatic carbocycles. The number of ether oxygens (including phenoxy) is 1. The molecule has 1 aromatic heterocycles. The first kappa shape index (κ1) is 18.3. The van der Waals surface area contributed by atoms with Crippen molar-refractivity contribution in [2.75, 3.05) is 6.61 Å². The summed E-state index contributed by atoms with van der Waals surface area (Å²) in [7, 11) is 0. The largest absolute Gasteiger partial charge is 0.462 e. The molecule has 2 aromatic rings. The summed E-state index contributed by atoms with van der Waals surface area (Å²) in [5, 5.41) is 15.1. The average molecular weight is 345 g/mol. The summed E-state index contributed by atoms with van der Waals surface area (Å²) >= 11 is 0. The van der Waals surface area contributed by atoms with Crippen molar-refractivity contribution in [1.29, 1.82) is 0 Å². The zero-order valence-corrected chi connectivity index (χ0v) is 14.3. The molecule has 0 spiro atoms. The van der Waals surface area contributed by atoms with Gasteiger partial charge in [-0.25, -0.2) is 9.48 Å². The molecule has 8 nitrogen and oxygen atoms in total. The van der Waals surface area contributed by atoms with E-state index < -0.39 is 16.5 Å². The van der Waals surface area contributed by atoms with Crippen LogP contribution in [0, 0.1) is 16.0 Å². The van der Waals surface area contributed by atoms with Crippen molar-refractivity contribution in [2.24, 2.45) is 5.92 Å². The van der Waals surface area contributed by atoms with Crippen molar-refractivity contribution in [1.82, 2.24) is 9.78 Å². The third-order valence-electron chi connectivity index (χ3n) is 3.38. The first-order valence-electron chi connectivity index (χ1n) is 7.87. The van der Waals surface area contributed by atoms with Crippen molar-refractivity contribution in [2.45, 2.75) is 27.3 Å². The molecule has 0 saturated carbocycles. The minimum atomic E-state index is -0.712. The van der Waals surface area contributed by atoms with Crippen molar-refractivity contribution in [3.63, 3.8) is 0 Å². The van der Waals surface area contributed by atoms with Gasteiger partial charge in [0.25, 0.3) is 11.2 Å². The highest BCUT2D eigenvalue weighted by atomic mass is 16.6. The third-order valence-corrected chi connectivity index (χ3v) is 3.38. The molecule has 0 aliphatic rings. The van der Waals surface area contributed by atoms with Crippen LogP contribution in [-0.4, -0.2) is 27.3 Å². The van der Waals surface area contributed by atoms with Gasteiger partial charge in [-0.1, -0.05) is 13.8 Å². The van der Waals surface area contributed by atoms with Crippen LogP contribution in [0.5, 0.6) is 0 Å². The zero-order chi connectivity index (χ0) is 18.6. The number of rotatable bonds is 6. The number of hydrogen-bond donors (Lipinski definition) is 0. The van der Waals surface area contributed by atoms with Gasteiger partial charge in [-0.3, -0.25) is 14.9 Å². The molecule has 25 heavy (non-hydrogen) atoms. The summed E-state index contributed by atoms with van der Waals surface area (Å²) in [4.78, 5) is 34.8. The van der Waals surface area contributed by atoms with Crippen molar-refractivity contribution in [3.05, 3.63) is 56.4 Å². The van der Waals surface area contributed by atoms with Gasteiger partial charge in [0.1, 0.15) is 5.56 Å². The SMILES string of the molecule is CCOC(=O)c1cc(-c2ccc([N+](=O)[O-])cc2)nn(CC(C)C)c1=O. The second kappa shape index (κ2) is 7.69. The maximum Gasteiger partial charge on any atom is 0.343 e. The Bertz CT molecular complexity index is 840. The Kier molecular flexibility index (Phi) is 5.63. The van der Waals surface area contributed by atoms with E-state index in [2.05, 4.69) is 5.10 Å². The zero-order valence-electron chi connectivity index (χ0n) is 14.3. The Labute approximate surface area is 144 Å². The molecule has 0 atom stereocenters. The van der Waals surface area contributed by atoms with E-state index in [1.165, 1.54) is 35.0 Å². The molecular formula is C17H19N3O5. The Morgan fingerprint density at radius 1 is 1.32 bits per heavy atom. The molecule has 0 unspecified atom stereocenters. The summed E-state index contributed by atoms with van der Waals surface area (Å²) in [6.45, 7) is 6.00. The minimum absolute atomic E-state index is 0.0510. The molecule has 0 saturated heterocycles. The van der Waals surface area contributed by atoms with Crippen LogP contribution in [0.15, 0.2) is 35.1 Å². The standard InChI is InChI=1S/C17H19N3O5/c1-4-25-17(22)14-9-15(18-19(16(14)21)10-11(2)3)12-5-7-13(8-6-12)20(23)24/h5-9,11H,4,10H2,1-3H3. The first-order chi connectivity index (χ1) is 11.8. The highest BCUT2D eigenvalue weighted by Gasteiger charge is 2.18. The monoisotopic (exact) mass is 345 g/mol. The van der Waals surface area contributed by atoms with E-state index >= 15 is 0 Å². The summed E-state index contributed by atoms with van der Waals surface area (Å²) in [5.41, 5.74) is 0.264. The lowest BCUT2D eigenvalue weighted by Gasteiger charge is -2.12. The highest BCUT2D eigenvalue weighted by Crippen LogP contribution is 2.21. The molecule has 0 bridgehead atoms. The van der Waals surface area contributed by atoms with E-state index in [9.17, 15) is 19.7 Å². The number of aromatic nitrogens is 2. The Hall–Kier alpha value is -3.03. The number of carbonyl (C=O) groups is 1. The van der Waals surface area contributed by atoms with E-state index in [4.69, 9.17) is 4.74 Å². The smallest absolute Gasteiger partial charge is 0.343 e. The lowest BCUT2D eigenvalue weighted by molar-refractivity contribution is -0.384. The van der Waals surface area contributed by atoms with E-state index in [1.54, 1.807) is 6.92 Å². The number of nitro benzene ring substituents is 1. The predicted molar refractivity (Wildman–Crippen MR) is 91.4 cm³/mol. The maximum atomic E-state index is 12.5. The molecule has 8 heteroatoms. The Morgan fingerprint density at radius 3 is 2.48 bits per heavy atom. The Balaban J connectivity index is 2.56. The summed E-state index contributed by atoms with van der Waals surface area (Å²) in [5.74, 6) is -0.567. The fourth-order valence-electron chi connectivity index (χ4n) is 2.26. The van der Waals surface area contributed by atoms with Crippen molar-refractivity contribution < 1.29 is 14.5 Å². The minimum Gasteiger partial charge on any atom is -0.462 e. The molecule has 132 valence electrons.